The molecule has 0 bridgehead atoms. The molecule has 10 heteroatoms. The van der Waals surface area contributed by atoms with Crippen molar-refractivity contribution >= 4 is 59.8 Å². The van der Waals surface area contributed by atoms with E-state index in [2.05, 4.69) is 15.6 Å². The number of hydrogen-bond donors (Lipinski definition) is 4. The van der Waals surface area contributed by atoms with Gasteiger partial charge in [0.2, 0.25) is 0 Å². The second-order valence-electron chi connectivity index (χ2n) is 7.68. The van der Waals surface area contributed by atoms with Crippen molar-refractivity contribution in [2.24, 2.45) is 5.73 Å². The number of nitrogens with one attached hydrogen (secondary N) is 2. The number of amides is 1. The van der Waals surface area contributed by atoms with Gasteiger partial charge in [-0.05, 0) is 65.9 Å². The first-order chi connectivity index (χ1) is 15.8. The number of rotatable bonds is 7. The molecule has 0 unspecified atom stereocenters. The van der Waals surface area contributed by atoms with Crippen molar-refractivity contribution in [3.8, 4) is 28.1 Å². The van der Waals surface area contributed by atoms with Crippen LogP contribution >= 0.6 is 36.2 Å². The molecule has 2 heterocycles. The lowest BCUT2D eigenvalue weighted by molar-refractivity contribution is -0.110. The fourth-order valence-electron chi connectivity index (χ4n) is 3.29. The van der Waals surface area contributed by atoms with Gasteiger partial charge in [0.25, 0.3) is 5.91 Å². The van der Waals surface area contributed by atoms with Gasteiger partial charge in [-0.3, -0.25) is 9.59 Å². The van der Waals surface area contributed by atoms with Crippen LogP contribution in [0.3, 0.4) is 0 Å². The normalized spacial score (nSPS) is 11.8. The topological polar surface area (TPSA) is 117 Å². The second kappa shape index (κ2) is 11.8. The Morgan fingerprint density at radius 1 is 1.03 bits per heavy atom. The summed E-state index contributed by atoms with van der Waals surface area (Å²) in [6, 6.07) is 21.4. The van der Waals surface area contributed by atoms with Gasteiger partial charge in [0.05, 0.1) is 10.6 Å². The van der Waals surface area contributed by atoms with E-state index in [1.54, 1.807) is 49.4 Å². The first-order valence-electron chi connectivity index (χ1n) is 10.1. The van der Waals surface area contributed by atoms with Gasteiger partial charge in [0.1, 0.15) is 17.2 Å². The van der Waals surface area contributed by atoms with Crippen LogP contribution in [0.1, 0.15) is 16.6 Å². The van der Waals surface area contributed by atoms with Crippen LogP contribution in [0.4, 0.5) is 11.5 Å². The van der Waals surface area contributed by atoms with Crippen molar-refractivity contribution in [3.63, 3.8) is 0 Å². The molecule has 1 atom stereocenters. The highest BCUT2D eigenvalue weighted by Gasteiger charge is 2.17. The molecule has 4 rings (SSSR count). The molecule has 4 aromatic rings. The lowest BCUT2D eigenvalue weighted by Gasteiger charge is -2.21. The van der Waals surface area contributed by atoms with Crippen molar-refractivity contribution < 1.29 is 14.7 Å². The summed E-state index contributed by atoms with van der Waals surface area (Å²) in [6.45, 7) is 1.58. The van der Waals surface area contributed by atoms with Gasteiger partial charge in [-0.2, -0.15) is 0 Å². The molecular formula is C25H24Cl2N4O3S. The molecule has 182 valence electrons. The molecule has 0 saturated heterocycles. The first kappa shape index (κ1) is 27.8. The minimum atomic E-state index is -1.21. The van der Waals surface area contributed by atoms with Crippen LogP contribution in [0.5, 0.6) is 5.75 Å². The zero-order valence-corrected chi connectivity index (χ0v) is 21.0. The zero-order valence-electron chi connectivity index (χ0n) is 18.6. The summed E-state index contributed by atoms with van der Waals surface area (Å²) >= 11 is 1.33. The van der Waals surface area contributed by atoms with Gasteiger partial charge in [0.15, 0.2) is 6.29 Å². The van der Waals surface area contributed by atoms with E-state index in [1.165, 1.54) is 11.3 Å². The zero-order chi connectivity index (χ0) is 23.4. The molecule has 35 heavy (non-hydrogen) atoms. The summed E-state index contributed by atoms with van der Waals surface area (Å²) in [5, 5.41) is 18.0. The first-order valence-corrected chi connectivity index (χ1v) is 11.0. The fourth-order valence-corrected chi connectivity index (χ4v) is 3.91. The van der Waals surface area contributed by atoms with Gasteiger partial charge in [0, 0.05) is 11.3 Å². The van der Waals surface area contributed by atoms with Crippen molar-refractivity contribution in [2.75, 3.05) is 10.6 Å². The Labute approximate surface area is 219 Å². The summed E-state index contributed by atoms with van der Waals surface area (Å²) < 4.78 is 0. The van der Waals surface area contributed by atoms with Crippen LogP contribution in [-0.4, -0.2) is 27.9 Å². The van der Waals surface area contributed by atoms with Crippen LogP contribution in [-0.2, 0) is 4.79 Å². The predicted molar refractivity (Wildman–Crippen MR) is 146 cm³/mol. The molecule has 5 N–H and O–H groups in total. The van der Waals surface area contributed by atoms with Crippen LogP contribution in [0.15, 0.2) is 78.2 Å². The van der Waals surface area contributed by atoms with Crippen LogP contribution in [0, 0.1) is 0 Å². The minimum absolute atomic E-state index is 0. The number of thiophene rings is 1. The number of benzene rings is 2. The molecule has 0 aliphatic heterocycles. The van der Waals surface area contributed by atoms with E-state index in [1.807, 2.05) is 35.7 Å². The van der Waals surface area contributed by atoms with Crippen molar-refractivity contribution in [2.45, 2.75) is 12.6 Å². The smallest absolute Gasteiger partial charge is 0.266 e. The Balaban J connectivity index is 0.00000216. The highest BCUT2D eigenvalue weighted by atomic mass is 35.5. The summed E-state index contributed by atoms with van der Waals surface area (Å²) in [5.41, 5.74) is 7.98. The number of halogens is 2. The van der Waals surface area contributed by atoms with Gasteiger partial charge >= 0.3 is 0 Å². The third-order valence-electron chi connectivity index (χ3n) is 4.85. The van der Waals surface area contributed by atoms with Crippen molar-refractivity contribution in [1.29, 1.82) is 0 Å². The summed E-state index contributed by atoms with van der Waals surface area (Å²) in [5.74, 6) is 0.162. The number of aromatic hydroxyl groups is 1. The van der Waals surface area contributed by atoms with Crippen LogP contribution < -0.4 is 16.4 Å². The van der Waals surface area contributed by atoms with E-state index < -0.39 is 5.66 Å². The molecule has 7 nitrogen and oxygen atoms in total. The predicted octanol–water partition coefficient (Wildman–Crippen LogP) is 5.56. The summed E-state index contributed by atoms with van der Waals surface area (Å²) in [7, 11) is 0. The number of anilines is 2. The van der Waals surface area contributed by atoms with Crippen LogP contribution in [0.2, 0.25) is 0 Å². The molecule has 0 saturated carbocycles. The number of aromatic nitrogens is 1. The average Bonchev–Trinajstić information content (AvgIpc) is 3.34. The number of phenolic OH excluding ortho intramolecular Hbond substituents is 1. The maximum Gasteiger partial charge on any atom is 0.266 e. The minimum Gasteiger partial charge on any atom is -0.507 e. The molecular weight excluding hydrogens is 507 g/mol. The fraction of sp³-hybridized carbons (Fsp3) is 0.0800. The third kappa shape index (κ3) is 6.80. The van der Waals surface area contributed by atoms with E-state index >= 15 is 0 Å². The van der Waals surface area contributed by atoms with E-state index in [0.29, 0.717) is 33.9 Å². The largest absolute Gasteiger partial charge is 0.507 e. The number of carbonyl (C=O) groups is 2. The molecule has 2 aromatic heterocycles. The number of para-hydroxylation sites is 1. The Hall–Kier alpha value is -3.43. The van der Waals surface area contributed by atoms with Gasteiger partial charge in [-0.25, -0.2) is 4.98 Å². The van der Waals surface area contributed by atoms with E-state index in [9.17, 15) is 14.7 Å². The van der Waals surface area contributed by atoms with E-state index in [4.69, 9.17) is 5.73 Å². The Morgan fingerprint density at radius 3 is 2.49 bits per heavy atom. The highest BCUT2D eigenvalue weighted by Crippen LogP contribution is 2.33. The van der Waals surface area contributed by atoms with Gasteiger partial charge < -0.3 is 21.5 Å². The molecule has 0 aliphatic rings. The molecule has 0 aliphatic carbocycles. The molecule has 0 fully saturated rings. The number of phenols is 1. The molecule has 1 amide bonds. The molecule has 0 radical (unpaired) electrons. The third-order valence-corrected chi connectivity index (χ3v) is 5.71. The number of pyridine rings is 1. The molecule has 0 spiro atoms. The standard InChI is InChI=1S/C25H22N4O3S.2ClH/c1-25(26,15-30)29-18-7-4-6-16(12-18)17-13-20(19-8-2-3-9-21(19)31)27-23(14-17)28-24(32)22-10-5-11-33-22;;/h2-15,29,31H,26H2,1H3,(H,27,28,32);2*1H/t25-;;/m0../s1. The SMILES string of the molecule is C[C@@](N)(C=O)Nc1cccc(-c2cc(NC(=O)c3cccs3)nc(-c3ccccc3O)c2)c1.Cl.Cl. The maximum atomic E-state index is 12.6. The highest BCUT2D eigenvalue weighted by molar-refractivity contribution is 7.12. The monoisotopic (exact) mass is 530 g/mol. The second-order valence-corrected chi connectivity index (χ2v) is 8.63. The average molecular weight is 531 g/mol. The Kier molecular flexibility index (Phi) is 9.39. The Morgan fingerprint density at radius 2 is 1.80 bits per heavy atom. The van der Waals surface area contributed by atoms with Gasteiger partial charge in [-0.1, -0.05) is 30.3 Å². The van der Waals surface area contributed by atoms with E-state index in [-0.39, 0.29) is 36.5 Å². The quantitative estimate of drug-likeness (QED) is 0.183. The van der Waals surface area contributed by atoms with Crippen LogP contribution in [0.25, 0.3) is 22.4 Å². The number of nitrogens with zero attached hydrogens (tertiary/aromatic N) is 1. The molecule has 2 aromatic carbocycles. The summed E-state index contributed by atoms with van der Waals surface area (Å²) in [6.07, 6.45) is 0.639. The number of carbonyl (C=O) groups excluding carboxylic acids is 2. The van der Waals surface area contributed by atoms with Crippen molar-refractivity contribution in [3.05, 3.63) is 83.1 Å². The number of hydrogen-bond acceptors (Lipinski definition) is 7. The van der Waals surface area contributed by atoms with E-state index in [0.717, 1.165) is 11.1 Å². The number of aldehydes is 1. The maximum absolute atomic E-state index is 12.6. The van der Waals surface area contributed by atoms with Gasteiger partial charge in [-0.15, -0.1) is 36.2 Å². The number of nitrogens with two attached hydrogens (primary N) is 1. The van der Waals surface area contributed by atoms with Crippen molar-refractivity contribution in [1.82, 2.24) is 4.98 Å². The lowest BCUT2D eigenvalue weighted by Crippen LogP contribution is -2.46. The lowest BCUT2D eigenvalue weighted by atomic mass is 10.0. The summed E-state index contributed by atoms with van der Waals surface area (Å²) in [4.78, 5) is 29.0. The Bertz CT molecular complexity index is 1310.